The van der Waals surface area contributed by atoms with E-state index in [1.54, 1.807) is 0 Å². The third-order valence-electron chi connectivity index (χ3n) is 3.18. The summed E-state index contributed by atoms with van der Waals surface area (Å²) in [6.45, 7) is 0. The van der Waals surface area contributed by atoms with Gasteiger partial charge in [0.15, 0.2) is 0 Å². The molecule has 3 heteroatoms. The molecule has 0 atom stereocenters. The Balaban J connectivity index is 2.34. The predicted molar refractivity (Wildman–Crippen MR) is 87.5 cm³/mol. The molecule has 0 N–H and O–H groups in total. The van der Waals surface area contributed by atoms with Gasteiger partial charge in [-0.05, 0) is 23.3 Å². The van der Waals surface area contributed by atoms with Crippen LogP contribution in [0.15, 0.2) is 59.2 Å². The molecule has 1 heterocycles. The highest BCUT2D eigenvalue weighted by Gasteiger charge is 2.09. The molecular formula is C16H11Br2N. The van der Waals surface area contributed by atoms with Crippen LogP contribution in [0.1, 0.15) is 5.56 Å². The second-order valence-corrected chi connectivity index (χ2v) is 5.70. The van der Waals surface area contributed by atoms with Crippen molar-refractivity contribution < 1.29 is 0 Å². The van der Waals surface area contributed by atoms with Gasteiger partial charge in [0.05, 0.1) is 5.52 Å². The fourth-order valence-electron chi connectivity index (χ4n) is 2.25. The zero-order valence-corrected chi connectivity index (χ0v) is 13.3. The second-order valence-electron chi connectivity index (χ2n) is 4.28. The summed E-state index contributed by atoms with van der Waals surface area (Å²) in [6.07, 6.45) is 1.88. The first-order valence-corrected chi connectivity index (χ1v) is 7.90. The third-order valence-corrected chi connectivity index (χ3v) is 4.48. The molecule has 0 aliphatic rings. The number of fused-ring (bicyclic) bond motifs is 1. The van der Waals surface area contributed by atoms with E-state index in [1.165, 1.54) is 22.1 Å². The zero-order valence-electron chi connectivity index (χ0n) is 10.1. The summed E-state index contributed by atoms with van der Waals surface area (Å²) < 4.78 is 1.09. The van der Waals surface area contributed by atoms with Crippen LogP contribution in [0.5, 0.6) is 0 Å². The van der Waals surface area contributed by atoms with Crippen LogP contribution in [0.2, 0.25) is 0 Å². The molecule has 0 radical (unpaired) electrons. The highest BCUT2D eigenvalue weighted by molar-refractivity contribution is 9.10. The van der Waals surface area contributed by atoms with Crippen LogP contribution in [-0.2, 0) is 5.33 Å². The van der Waals surface area contributed by atoms with Crippen molar-refractivity contribution in [2.75, 3.05) is 0 Å². The van der Waals surface area contributed by atoms with Crippen molar-refractivity contribution >= 4 is 42.8 Å². The van der Waals surface area contributed by atoms with Gasteiger partial charge < -0.3 is 0 Å². The average Bonchev–Trinajstić information content (AvgIpc) is 2.47. The molecule has 0 amide bonds. The lowest BCUT2D eigenvalue weighted by molar-refractivity contribution is 1.34. The van der Waals surface area contributed by atoms with Crippen molar-refractivity contribution in [1.29, 1.82) is 0 Å². The lowest BCUT2D eigenvalue weighted by Gasteiger charge is -2.10. The van der Waals surface area contributed by atoms with Gasteiger partial charge in [-0.2, -0.15) is 0 Å². The number of aromatic nitrogens is 1. The Bertz CT molecular complexity index is 723. The monoisotopic (exact) mass is 375 g/mol. The summed E-state index contributed by atoms with van der Waals surface area (Å²) in [5, 5.41) is 1.97. The average molecular weight is 377 g/mol. The quantitative estimate of drug-likeness (QED) is 0.533. The first-order valence-electron chi connectivity index (χ1n) is 5.98. The maximum Gasteiger partial charge on any atom is 0.0759 e. The molecule has 1 aromatic heterocycles. The SMILES string of the molecule is BrCc1c(Br)ccc2c(-c3ccccc3)ccnc12. The second kappa shape index (κ2) is 5.43. The number of hydrogen-bond donors (Lipinski definition) is 0. The summed E-state index contributed by atoms with van der Waals surface area (Å²) in [5.74, 6) is 0. The van der Waals surface area contributed by atoms with E-state index in [1.807, 2.05) is 12.3 Å². The number of rotatable bonds is 2. The molecule has 19 heavy (non-hydrogen) atoms. The number of alkyl halides is 1. The Morgan fingerprint density at radius 1 is 0.947 bits per heavy atom. The topological polar surface area (TPSA) is 12.9 Å². The van der Waals surface area contributed by atoms with E-state index >= 15 is 0 Å². The maximum atomic E-state index is 4.54. The van der Waals surface area contributed by atoms with Gasteiger partial charge in [-0.1, -0.05) is 68.3 Å². The van der Waals surface area contributed by atoms with Gasteiger partial charge in [-0.25, -0.2) is 0 Å². The van der Waals surface area contributed by atoms with Crippen LogP contribution < -0.4 is 0 Å². The van der Waals surface area contributed by atoms with E-state index in [-0.39, 0.29) is 0 Å². The van der Waals surface area contributed by atoms with Gasteiger partial charge in [0.2, 0.25) is 0 Å². The van der Waals surface area contributed by atoms with E-state index in [9.17, 15) is 0 Å². The molecule has 3 aromatic rings. The molecule has 1 nitrogen and oxygen atoms in total. The number of halogens is 2. The van der Waals surface area contributed by atoms with E-state index in [2.05, 4.69) is 79.3 Å². The smallest absolute Gasteiger partial charge is 0.0759 e. The van der Waals surface area contributed by atoms with Crippen molar-refractivity contribution in [2.24, 2.45) is 0 Å². The molecular weight excluding hydrogens is 366 g/mol. The highest BCUT2D eigenvalue weighted by atomic mass is 79.9. The Morgan fingerprint density at radius 2 is 1.74 bits per heavy atom. The summed E-state index contributed by atoms with van der Waals surface area (Å²) in [5.41, 5.74) is 4.68. The molecule has 0 bridgehead atoms. The minimum atomic E-state index is 0.788. The van der Waals surface area contributed by atoms with Gasteiger partial charge in [0.1, 0.15) is 0 Å². The van der Waals surface area contributed by atoms with Gasteiger partial charge in [0, 0.05) is 26.9 Å². The molecule has 0 saturated carbocycles. The van der Waals surface area contributed by atoms with Crippen molar-refractivity contribution in [3.8, 4) is 11.1 Å². The van der Waals surface area contributed by atoms with E-state index < -0.39 is 0 Å². The van der Waals surface area contributed by atoms with Gasteiger partial charge >= 0.3 is 0 Å². The van der Waals surface area contributed by atoms with E-state index in [0.29, 0.717) is 0 Å². The molecule has 0 unspecified atom stereocenters. The molecule has 0 saturated heterocycles. The van der Waals surface area contributed by atoms with Crippen LogP contribution in [0, 0.1) is 0 Å². The maximum absolute atomic E-state index is 4.54. The van der Waals surface area contributed by atoms with Crippen molar-refractivity contribution in [3.05, 3.63) is 64.8 Å². The standard InChI is InChI=1S/C16H11Br2N/c17-10-14-15(18)7-6-13-12(8-9-19-16(13)14)11-4-2-1-3-5-11/h1-9H,10H2. The number of pyridine rings is 1. The summed E-state index contributed by atoms with van der Waals surface area (Å²) in [6, 6.07) is 16.7. The molecule has 0 aliphatic carbocycles. The lowest BCUT2D eigenvalue weighted by atomic mass is 10.00. The highest BCUT2D eigenvalue weighted by Crippen LogP contribution is 2.33. The van der Waals surface area contributed by atoms with Gasteiger partial charge in [-0.3, -0.25) is 4.98 Å². The van der Waals surface area contributed by atoms with Crippen LogP contribution in [-0.4, -0.2) is 4.98 Å². The fourth-order valence-corrected chi connectivity index (χ4v) is 3.65. The largest absolute Gasteiger partial charge is 0.256 e. The van der Waals surface area contributed by atoms with Crippen molar-refractivity contribution in [2.45, 2.75) is 5.33 Å². The number of nitrogens with zero attached hydrogens (tertiary/aromatic N) is 1. The summed E-state index contributed by atoms with van der Waals surface area (Å²) in [7, 11) is 0. The minimum absolute atomic E-state index is 0.788. The first-order chi connectivity index (χ1) is 9.31. The normalized spacial score (nSPS) is 10.8. The molecule has 0 spiro atoms. The molecule has 94 valence electrons. The zero-order chi connectivity index (χ0) is 13.2. The summed E-state index contributed by atoms with van der Waals surface area (Å²) in [4.78, 5) is 4.54. The fraction of sp³-hybridized carbons (Fsp3) is 0.0625. The van der Waals surface area contributed by atoms with Crippen LogP contribution in [0.3, 0.4) is 0 Å². The Morgan fingerprint density at radius 3 is 2.47 bits per heavy atom. The Hall–Kier alpha value is -1.19. The minimum Gasteiger partial charge on any atom is -0.256 e. The Kier molecular flexibility index (Phi) is 3.67. The molecule has 0 fully saturated rings. The molecule has 0 aliphatic heterocycles. The van der Waals surface area contributed by atoms with Gasteiger partial charge in [-0.15, -0.1) is 0 Å². The first kappa shape index (κ1) is 12.8. The van der Waals surface area contributed by atoms with E-state index in [0.717, 1.165) is 15.3 Å². The van der Waals surface area contributed by atoms with E-state index in [4.69, 9.17) is 0 Å². The predicted octanol–water partition coefficient (Wildman–Crippen LogP) is 5.56. The Labute approximate surface area is 128 Å². The lowest BCUT2D eigenvalue weighted by Crippen LogP contribution is -1.90. The molecule has 2 aromatic carbocycles. The third kappa shape index (κ3) is 2.33. The van der Waals surface area contributed by atoms with Crippen LogP contribution in [0.25, 0.3) is 22.0 Å². The number of hydrogen-bond acceptors (Lipinski definition) is 1. The van der Waals surface area contributed by atoms with Crippen LogP contribution in [0.4, 0.5) is 0 Å². The molecule has 3 rings (SSSR count). The van der Waals surface area contributed by atoms with Crippen molar-refractivity contribution in [1.82, 2.24) is 4.98 Å². The number of benzene rings is 2. The van der Waals surface area contributed by atoms with Gasteiger partial charge in [0.25, 0.3) is 0 Å². The van der Waals surface area contributed by atoms with Crippen molar-refractivity contribution in [3.63, 3.8) is 0 Å². The van der Waals surface area contributed by atoms with Crippen LogP contribution >= 0.6 is 31.9 Å². The summed E-state index contributed by atoms with van der Waals surface area (Å²) >= 11 is 7.13.